The molecule has 163 valence electrons. The van der Waals surface area contributed by atoms with E-state index in [1.165, 1.54) is 0 Å². The molecule has 2 aromatic carbocycles. The molecule has 5 heteroatoms. The quantitative estimate of drug-likeness (QED) is 0.391. The molecular weight excluding hydrogens is 554 g/mol. The van der Waals surface area contributed by atoms with Crippen molar-refractivity contribution in [2.45, 2.75) is 52.7 Å². The molecule has 2 fully saturated rings. The average molecular weight is 585 g/mol. The fourth-order valence-corrected chi connectivity index (χ4v) is 5.18. The molecule has 0 bridgehead atoms. The summed E-state index contributed by atoms with van der Waals surface area (Å²) in [5, 5.41) is 20.3. The van der Waals surface area contributed by atoms with Crippen LogP contribution in [0.5, 0.6) is 0 Å². The van der Waals surface area contributed by atoms with Crippen molar-refractivity contribution in [1.29, 1.82) is 0 Å². The van der Waals surface area contributed by atoms with E-state index in [2.05, 4.69) is 38.7 Å². The standard InChI is InChI=1S/C13H8NO.C12H22O2.Ir/c1-2-6-10(7-3-1)13-14-11-8-4-5-9-12(11)15-13;1-11(2)5-7-6-12(3,4)10(14)8(7)9(11)13;/h1-6,8-9H;7-10,13-14H,5-6H2,1-4H3;/q-1;;. The fraction of sp³-hybridized carbons (Fsp3) is 0.480. The zero-order chi connectivity index (χ0) is 20.8. The van der Waals surface area contributed by atoms with E-state index in [9.17, 15) is 10.2 Å². The van der Waals surface area contributed by atoms with Crippen LogP contribution in [0.3, 0.4) is 0 Å². The number of hydrogen-bond donors (Lipinski definition) is 2. The fourth-order valence-electron chi connectivity index (χ4n) is 5.18. The van der Waals surface area contributed by atoms with Crippen LogP contribution in [0, 0.1) is 28.7 Å². The second-order valence-corrected chi connectivity index (χ2v) is 9.88. The van der Waals surface area contributed by atoms with Crippen molar-refractivity contribution in [3.63, 3.8) is 0 Å². The van der Waals surface area contributed by atoms with Gasteiger partial charge >= 0.3 is 0 Å². The molecule has 1 aromatic heterocycles. The first-order chi connectivity index (χ1) is 13.7. The largest absolute Gasteiger partial charge is 0.481 e. The molecule has 0 saturated heterocycles. The Bertz CT molecular complexity index is 925. The van der Waals surface area contributed by atoms with Gasteiger partial charge in [-0.1, -0.05) is 45.4 Å². The van der Waals surface area contributed by atoms with Gasteiger partial charge in [-0.15, -0.1) is 30.3 Å². The summed E-state index contributed by atoms with van der Waals surface area (Å²) >= 11 is 0. The van der Waals surface area contributed by atoms with Crippen LogP contribution in [0.25, 0.3) is 22.6 Å². The number of aromatic nitrogens is 1. The Morgan fingerprint density at radius 3 is 2.07 bits per heavy atom. The van der Waals surface area contributed by atoms with E-state index in [0.29, 0.717) is 11.8 Å². The minimum Gasteiger partial charge on any atom is -0.481 e. The van der Waals surface area contributed by atoms with Crippen molar-refractivity contribution in [3.8, 4) is 11.5 Å². The molecule has 2 saturated carbocycles. The number of hydrogen-bond acceptors (Lipinski definition) is 4. The summed E-state index contributed by atoms with van der Waals surface area (Å²) in [6, 6.07) is 18.5. The molecule has 2 atom stereocenters. The molecule has 1 heterocycles. The van der Waals surface area contributed by atoms with Gasteiger partial charge in [-0.3, -0.25) is 4.98 Å². The van der Waals surface area contributed by atoms with Gasteiger partial charge < -0.3 is 14.6 Å². The van der Waals surface area contributed by atoms with Gasteiger partial charge in [-0.2, -0.15) is 0 Å². The molecule has 0 amide bonds. The molecule has 0 aliphatic heterocycles. The second-order valence-electron chi connectivity index (χ2n) is 9.88. The van der Waals surface area contributed by atoms with E-state index in [1.807, 2.05) is 48.5 Å². The maximum absolute atomic E-state index is 10.2. The second kappa shape index (κ2) is 8.55. The Hall–Kier alpha value is -1.52. The van der Waals surface area contributed by atoms with Crippen molar-refractivity contribution < 1.29 is 34.7 Å². The molecule has 0 spiro atoms. The van der Waals surface area contributed by atoms with Crippen LogP contribution in [-0.4, -0.2) is 27.4 Å². The van der Waals surface area contributed by atoms with Crippen LogP contribution in [0.2, 0.25) is 0 Å². The van der Waals surface area contributed by atoms with Crippen LogP contribution in [0.1, 0.15) is 40.5 Å². The predicted octanol–water partition coefficient (Wildman–Crippen LogP) is 5.09. The van der Waals surface area contributed by atoms with Gasteiger partial charge in [0.2, 0.25) is 0 Å². The number of aliphatic hydroxyl groups excluding tert-OH is 2. The van der Waals surface area contributed by atoms with Crippen LogP contribution < -0.4 is 0 Å². The molecule has 4 nitrogen and oxygen atoms in total. The number of fused-ring (bicyclic) bond motifs is 2. The predicted molar refractivity (Wildman–Crippen MR) is 114 cm³/mol. The Balaban J connectivity index is 0.000000166. The smallest absolute Gasteiger partial charge is 0.141 e. The summed E-state index contributed by atoms with van der Waals surface area (Å²) in [5.41, 5.74) is 2.56. The van der Waals surface area contributed by atoms with Crippen molar-refractivity contribution in [2.75, 3.05) is 0 Å². The number of nitrogens with zero attached hydrogens (tertiary/aromatic N) is 1. The minimum absolute atomic E-state index is 0. The maximum atomic E-state index is 10.2. The van der Waals surface area contributed by atoms with Crippen molar-refractivity contribution in [1.82, 2.24) is 4.98 Å². The maximum Gasteiger partial charge on any atom is 0.141 e. The van der Waals surface area contributed by atoms with Gasteiger partial charge in [0.15, 0.2) is 0 Å². The van der Waals surface area contributed by atoms with E-state index in [0.717, 1.165) is 29.5 Å². The normalized spacial score (nSPS) is 28.3. The van der Waals surface area contributed by atoms with Crippen molar-refractivity contribution >= 4 is 11.1 Å². The molecule has 3 aromatic rings. The number of para-hydroxylation sites is 2. The SMILES string of the molecule is CC1(C)CC2CC(C)(C)C(O)C2C1O.[Ir].[c-]1ccccc1-c1nc2ccccc2o1. The summed E-state index contributed by atoms with van der Waals surface area (Å²) in [6.07, 6.45) is 1.45. The van der Waals surface area contributed by atoms with E-state index in [-0.39, 0.29) is 49.1 Å². The van der Waals surface area contributed by atoms with Crippen LogP contribution >= 0.6 is 0 Å². The Kier molecular flexibility index (Phi) is 6.60. The topological polar surface area (TPSA) is 66.5 Å². The molecule has 2 unspecified atom stereocenters. The van der Waals surface area contributed by atoms with E-state index >= 15 is 0 Å². The summed E-state index contributed by atoms with van der Waals surface area (Å²) in [4.78, 5) is 4.39. The van der Waals surface area contributed by atoms with Crippen LogP contribution in [-0.2, 0) is 20.1 Å². The van der Waals surface area contributed by atoms with Gasteiger partial charge in [0.25, 0.3) is 0 Å². The molecule has 2 aliphatic carbocycles. The monoisotopic (exact) mass is 585 g/mol. The Morgan fingerprint density at radius 1 is 0.933 bits per heavy atom. The van der Waals surface area contributed by atoms with Gasteiger partial charge in [-0.05, 0) is 41.7 Å². The van der Waals surface area contributed by atoms with E-state index in [1.54, 1.807) is 0 Å². The van der Waals surface area contributed by atoms with E-state index in [4.69, 9.17) is 4.42 Å². The Labute approximate surface area is 192 Å². The molecule has 1 radical (unpaired) electrons. The zero-order valence-corrected chi connectivity index (χ0v) is 20.3. The summed E-state index contributed by atoms with van der Waals surface area (Å²) < 4.78 is 5.61. The third kappa shape index (κ3) is 4.27. The summed E-state index contributed by atoms with van der Waals surface area (Å²) in [7, 11) is 0. The first kappa shape index (κ1) is 23.1. The zero-order valence-electron chi connectivity index (χ0n) is 17.9. The van der Waals surface area contributed by atoms with Crippen molar-refractivity contribution in [2.24, 2.45) is 22.7 Å². The van der Waals surface area contributed by atoms with Crippen LogP contribution in [0.15, 0.2) is 52.9 Å². The van der Waals surface area contributed by atoms with Crippen LogP contribution in [0.4, 0.5) is 0 Å². The van der Waals surface area contributed by atoms with Crippen molar-refractivity contribution in [3.05, 3.63) is 54.6 Å². The molecule has 2 N–H and O–H groups in total. The third-order valence-corrected chi connectivity index (χ3v) is 6.68. The Morgan fingerprint density at radius 2 is 1.53 bits per heavy atom. The first-order valence-electron chi connectivity index (χ1n) is 10.4. The average Bonchev–Trinajstić information content (AvgIpc) is 3.27. The third-order valence-electron chi connectivity index (χ3n) is 6.68. The number of aliphatic hydroxyl groups is 2. The number of benzene rings is 2. The van der Waals surface area contributed by atoms with Gasteiger partial charge in [0.1, 0.15) is 11.5 Å². The number of rotatable bonds is 1. The molecule has 30 heavy (non-hydrogen) atoms. The van der Waals surface area contributed by atoms with Gasteiger partial charge in [0.05, 0.1) is 17.7 Å². The first-order valence-corrected chi connectivity index (χ1v) is 10.4. The number of oxazole rings is 1. The molecule has 2 aliphatic rings. The molecular formula is C25H30IrNO3-. The van der Waals surface area contributed by atoms with E-state index < -0.39 is 0 Å². The summed E-state index contributed by atoms with van der Waals surface area (Å²) in [6.45, 7) is 8.43. The minimum atomic E-state index is -0.329. The summed E-state index contributed by atoms with van der Waals surface area (Å²) in [5.74, 6) is 1.25. The van der Waals surface area contributed by atoms with Gasteiger partial charge in [-0.25, -0.2) is 0 Å². The molecule has 5 rings (SSSR count). The van der Waals surface area contributed by atoms with Gasteiger partial charge in [0, 0.05) is 26.0 Å².